The molecule has 1 aromatic carbocycles. The lowest BCUT2D eigenvalue weighted by molar-refractivity contribution is 0.511. The molecule has 1 aromatic heterocycles. The third kappa shape index (κ3) is 3.27. The standard InChI is InChI=1S/C15H19BrFN3/c1-4-20-15(7-10(2)19-20)14(18-3)8-11-5-6-12(17)9-13(11)16/h5-7,9,14,18H,4,8H2,1-3H3. The van der Waals surface area contributed by atoms with Crippen LogP contribution in [-0.4, -0.2) is 16.8 Å². The van der Waals surface area contributed by atoms with Crippen molar-refractivity contribution in [2.24, 2.45) is 0 Å². The summed E-state index contributed by atoms with van der Waals surface area (Å²) >= 11 is 3.43. The molecular formula is C15H19BrFN3. The van der Waals surface area contributed by atoms with Crippen molar-refractivity contribution in [3.8, 4) is 0 Å². The van der Waals surface area contributed by atoms with Gasteiger partial charge in [-0.1, -0.05) is 22.0 Å². The average molecular weight is 340 g/mol. The van der Waals surface area contributed by atoms with Gasteiger partial charge in [0.1, 0.15) is 5.82 Å². The number of likely N-dealkylation sites (N-methyl/N-ethyl adjacent to an activating group) is 1. The van der Waals surface area contributed by atoms with E-state index in [9.17, 15) is 4.39 Å². The van der Waals surface area contributed by atoms with Crippen LogP contribution in [0.1, 0.15) is 29.9 Å². The molecule has 2 aromatic rings. The van der Waals surface area contributed by atoms with Gasteiger partial charge in [0.05, 0.1) is 17.4 Å². The van der Waals surface area contributed by atoms with Gasteiger partial charge in [-0.3, -0.25) is 4.68 Å². The van der Waals surface area contributed by atoms with Crippen LogP contribution in [0.4, 0.5) is 4.39 Å². The van der Waals surface area contributed by atoms with Crippen LogP contribution in [0.25, 0.3) is 0 Å². The summed E-state index contributed by atoms with van der Waals surface area (Å²) in [6.45, 7) is 4.92. The van der Waals surface area contributed by atoms with Gasteiger partial charge < -0.3 is 5.32 Å². The molecular weight excluding hydrogens is 321 g/mol. The number of aromatic nitrogens is 2. The highest BCUT2D eigenvalue weighted by atomic mass is 79.9. The van der Waals surface area contributed by atoms with Gasteiger partial charge in [0.25, 0.3) is 0 Å². The highest BCUT2D eigenvalue weighted by Crippen LogP contribution is 2.25. The van der Waals surface area contributed by atoms with Crippen LogP contribution in [0, 0.1) is 12.7 Å². The molecule has 3 nitrogen and oxygen atoms in total. The Bertz CT molecular complexity index is 595. The molecule has 1 N–H and O–H groups in total. The Morgan fingerprint density at radius 3 is 2.75 bits per heavy atom. The third-order valence-corrected chi connectivity index (χ3v) is 4.12. The number of nitrogens with one attached hydrogen (secondary N) is 1. The number of hydrogen-bond donors (Lipinski definition) is 1. The Kier molecular flexibility index (Phi) is 4.94. The van der Waals surface area contributed by atoms with E-state index < -0.39 is 0 Å². The number of nitrogens with zero attached hydrogens (tertiary/aromatic N) is 2. The van der Waals surface area contributed by atoms with Gasteiger partial charge in [-0.05, 0) is 51.1 Å². The maximum Gasteiger partial charge on any atom is 0.124 e. The van der Waals surface area contributed by atoms with E-state index in [4.69, 9.17) is 0 Å². The second-order valence-electron chi connectivity index (χ2n) is 4.81. The fraction of sp³-hybridized carbons (Fsp3) is 0.400. The van der Waals surface area contributed by atoms with Gasteiger partial charge in [-0.2, -0.15) is 5.10 Å². The Morgan fingerprint density at radius 2 is 2.15 bits per heavy atom. The van der Waals surface area contributed by atoms with Crippen LogP contribution in [0.3, 0.4) is 0 Å². The van der Waals surface area contributed by atoms with Gasteiger partial charge in [0, 0.05) is 11.0 Å². The Morgan fingerprint density at radius 1 is 1.40 bits per heavy atom. The maximum absolute atomic E-state index is 13.2. The summed E-state index contributed by atoms with van der Waals surface area (Å²) in [5, 5.41) is 7.80. The molecule has 2 rings (SSSR count). The van der Waals surface area contributed by atoms with E-state index in [2.05, 4.69) is 39.3 Å². The van der Waals surface area contributed by atoms with Crippen molar-refractivity contribution < 1.29 is 4.39 Å². The normalized spacial score (nSPS) is 12.7. The van der Waals surface area contributed by atoms with E-state index in [0.717, 1.165) is 34.4 Å². The van der Waals surface area contributed by atoms with Gasteiger partial charge in [-0.25, -0.2) is 4.39 Å². The number of hydrogen-bond acceptors (Lipinski definition) is 2. The highest BCUT2D eigenvalue weighted by Gasteiger charge is 2.17. The molecule has 0 spiro atoms. The molecule has 0 aliphatic rings. The first-order valence-corrected chi connectivity index (χ1v) is 7.50. The largest absolute Gasteiger partial charge is 0.311 e. The summed E-state index contributed by atoms with van der Waals surface area (Å²) in [5.41, 5.74) is 3.25. The number of rotatable bonds is 5. The summed E-state index contributed by atoms with van der Waals surface area (Å²) in [5.74, 6) is -0.226. The minimum Gasteiger partial charge on any atom is -0.311 e. The zero-order valence-corrected chi connectivity index (χ0v) is 13.5. The minimum atomic E-state index is -0.226. The van der Waals surface area contributed by atoms with Crippen molar-refractivity contribution in [2.75, 3.05) is 7.05 Å². The molecule has 0 aliphatic carbocycles. The Hall–Kier alpha value is -1.20. The summed E-state index contributed by atoms with van der Waals surface area (Å²) in [6, 6.07) is 7.07. The summed E-state index contributed by atoms with van der Waals surface area (Å²) in [7, 11) is 1.93. The quantitative estimate of drug-likeness (QED) is 0.901. The van der Waals surface area contributed by atoms with E-state index in [1.54, 1.807) is 0 Å². The summed E-state index contributed by atoms with van der Waals surface area (Å²) < 4.78 is 16.0. The van der Waals surface area contributed by atoms with Crippen molar-refractivity contribution >= 4 is 15.9 Å². The van der Waals surface area contributed by atoms with Gasteiger partial charge >= 0.3 is 0 Å². The molecule has 0 radical (unpaired) electrons. The van der Waals surface area contributed by atoms with Crippen molar-refractivity contribution in [1.29, 1.82) is 0 Å². The lowest BCUT2D eigenvalue weighted by atomic mass is 10.0. The maximum atomic E-state index is 13.2. The van der Waals surface area contributed by atoms with Crippen molar-refractivity contribution in [3.63, 3.8) is 0 Å². The molecule has 20 heavy (non-hydrogen) atoms. The number of aryl methyl sites for hydroxylation is 2. The molecule has 0 aliphatic heterocycles. The van der Waals surface area contributed by atoms with Crippen LogP contribution in [0.15, 0.2) is 28.7 Å². The predicted molar refractivity (Wildman–Crippen MR) is 82.2 cm³/mol. The average Bonchev–Trinajstić information content (AvgIpc) is 2.79. The van der Waals surface area contributed by atoms with E-state index in [1.165, 1.54) is 12.1 Å². The second kappa shape index (κ2) is 6.50. The molecule has 1 atom stereocenters. The first kappa shape index (κ1) is 15.2. The van der Waals surface area contributed by atoms with Gasteiger partial charge in [0.2, 0.25) is 0 Å². The molecule has 0 bridgehead atoms. The topological polar surface area (TPSA) is 29.9 Å². The Labute approximate surface area is 127 Å². The van der Waals surface area contributed by atoms with E-state index in [1.807, 2.05) is 24.7 Å². The molecule has 1 unspecified atom stereocenters. The smallest absolute Gasteiger partial charge is 0.124 e. The fourth-order valence-electron chi connectivity index (χ4n) is 2.36. The van der Waals surface area contributed by atoms with Crippen LogP contribution in [0.5, 0.6) is 0 Å². The predicted octanol–water partition coefficient (Wildman–Crippen LogP) is 3.62. The zero-order valence-electron chi connectivity index (χ0n) is 12.0. The molecule has 5 heteroatoms. The first-order valence-electron chi connectivity index (χ1n) is 6.70. The molecule has 1 heterocycles. The molecule has 0 saturated carbocycles. The van der Waals surface area contributed by atoms with Crippen LogP contribution < -0.4 is 5.32 Å². The van der Waals surface area contributed by atoms with Crippen LogP contribution in [-0.2, 0) is 13.0 Å². The molecule has 0 saturated heterocycles. The zero-order chi connectivity index (χ0) is 14.7. The molecule has 108 valence electrons. The monoisotopic (exact) mass is 339 g/mol. The molecule has 0 fully saturated rings. The number of halogens is 2. The highest BCUT2D eigenvalue weighted by molar-refractivity contribution is 9.10. The van der Waals surface area contributed by atoms with Crippen LogP contribution >= 0.6 is 15.9 Å². The Balaban J connectivity index is 2.28. The van der Waals surface area contributed by atoms with Crippen LogP contribution in [0.2, 0.25) is 0 Å². The summed E-state index contributed by atoms with van der Waals surface area (Å²) in [6.07, 6.45) is 0.780. The van der Waals surface area contributed by atoms with E-state index in [0.29, 0.717) is 0 Å². The second-order valence-corrected chi connectivity index (χ2v) is 5.66. The minimum absolute atomic E-state index is 0.151. The fourth-order valence-corrected chi connectivity index (χ4v) is 2.87. The summed E-state index contributed by atoms with van der Waals surface area (Å²) in [4.78, 5) is 0. The van der Waals surface area contributed by atoms with E-state index in [-0.39, 0.29) is 11.9 Å². The molecule has 0 amide bonds. The van der Waals surface area contributed by atoms with Gasteiger partial charge in [-0.15, -0.1) is 0 Å². The van der Waals surface area contributed by atoms with Crippen molar-refractivity contribution in [2.45, 2.75) is 32.9 Å². The van der Waals surface area contributed by atoms with Crippen molar-refractivity contribution in [3.05, 3.63) is 51.5 Å². The lowest BCUT2D eigenvalue weighted by Crippen LogP contribution is -2.22. The van der Waals surface area contributed by atoms with Gasteiger partial charge in [0.15, 0.2) is 0 Å². The number of benzene rings is 1. The van der Waals surface area contributed by atoms with E-state index >= 15 is 0 Å². The SMILES string of the molecule is CCn1nc(C)cc1C(Cc1ccc(F)cc1Br)NC. The first-order chi connectivity index (χ1) is 9.55. The van der Waals surface area contributed by atoms with Crippen molar-refractivity contribution in [1.82, 2.24) is 15.1 Å². The lowest BCUT2D eigenvalue weighted by Gasteiger charge is -2.18. The third-order valence-electron chi connectivity index (χ3n) is 3.38.